The van der Waals surface area contributed by atoms with E-state index in [0.29, 0.717) is 73.9 Å². The maximum atomic E-state index is 13.9. The predicted octanol–water partition coefficient (Wildman–Crippen LogP) is 4.58. The lowest BCUT2D eigenvalue weighted by atomic mass is 9.89. The van der Waals surface area contributed by atoms with E-state index in [1.807, 2.05) is 49.6 Å². The normalized spacial score (nSPS) is 18.2. The Morgan fingerprint density at radius 2 is 1.73 bits per heavy atom. The van der Waals surface area contributed by atoms with Crippen LogP contribution in [0, 0.1) is 0 Å². The van der Waals surface area contributed by atoms with Crippen molar-refractivity contribution in [2.24, 2.45) is 0 Å². The van der Waals surface area contributed by atoms with Crippen LogP contribution in [0.15, 0.2) is 47.4 Å². The molecule has 0 aliphatic carbocycles. The average Bonchev–Trinajstić information content (AvgIpc) is 2.98. The average molecular weight is 623 g/mol. The molecule has 2 fully saturated rings. The Morgan fingerprint density at radius 1 is 1.02 bits per heavy atom. The van der Waals surface area contributed by atoms with Crippen LogP contribution < -0.4 is 15.5 Å². The molecule has 0 radical (unpaired) electrons. The Labute approximate surface area is 261 Å². The molecule has 2 aromatic carbocycles. The van der Waals surface area contributed by atoms with Crippen molar-refractivity contribution in [3.05, 3.63) is 74.5 Å². The van der Waals surface area contributed by atoms with Gasteiger partial charge in [0.25, 0.3) is 5.91 Å². The number of piperidine rings is 1. The van der Waals surface area contributed by atoms with Crippen LogP contribution >= 0.6 is 11.6 Å². The van der Waals surface area contributed by atoms with E-state index in [9.17, 15) is 14.4 Å². The molecule has 0 saturated carbocycles. The molecule has 3 aliphatic heterocycles. The Morgan fingerprint density at radius 3 is 2.41 bits per heavy atom. The first-order chi connectivity index (χ1) is 21.0. The Hall–Kier alpha value is -3.60. The maximum Gasteiger partial charge on any atom is 0.410 e. The number of rotatable bonds is 5. The summed E-state index contributed by atoms with van der Waals surface area (Å²) in [5, 5.41) is 3.98. The zero-order valence-corrected chi connectivity index (χ0v) is 26.2. The van der Waals surface area contributed by atoms with Crippen molar-refractivity contribution < 1.29 is 23.8 Å². The van der Waals surface area contributed by atoms with Gasteiger partial charge in [-0.2, -0.15) is 0 Å². The second-order valence-corrected chi connectivity index (χ2v) is 13.4. The molecule has 6 rings (SSSR count). The molecule has 11 heteroatoms. The van der Waals surface area contributed by atoms with E-state index >= 15 is 0 Å². The molecule has 10 nitrogen and oxygen atoms in total. The number of hydrogen-bond donors (Lipinski definition) is 1. The second-order valence-electron chi connectivity index (χ2n) is 12.9. The van der Waals surface area contributed by atoms with Gasteiger partial charge in [0.15, 0.2) is 0 Å². The summed E-state index contributed by atoms with van der Waals surface area (Å²) in [6.45, 7) is 10.8. The summed E-state index contributed by atoms with van der Waals surface area (Å²) < 4.78 is 19.9. The van der Waals surface area contributed by atoms with Crippen LogP contribution in [-0.2, 0) is 29.1 Å². The van der Waals surface area contributed by atoms with Crippen LogP contribution in [0.25, 0.3) is 10.9 Å². The zero-order chi connectivity index (χ0) is 31.1. The predicted molar refractivity (Wildman–Crippen MR) is 167 cm³/mol. The number of likely N-dealkylation sites (tertiary alicyclic amines) is 1. The lowest BCUT2D eigenvalue weighted by Crippen LogP contribution is -2.54. The number of aromatic nitrogens is 1. The number of carbonyl (C=O) groups is 2. The molecule has 0 atom stereocenters. The molecular weight excluding hydrogens is 584 g/mol. The largest absolute Gasteiger partial charge is 0.483 e. The molecular formula is C33H39ClN4O6. The number of pyridine rings is 1. The third-order valence-corrected chi connectivity index (χ3v) is 8.68. The van der Waals surface area contributed by atoms with Gasteiger partial charge in [-0.15, -0.1) is 0 Å². The van der Waals surface area contributed by atoms with E-state index in [0.717, 1.165) is 24.2 Å². The Balaban J connectivity index is 1.32. The molecule has 1 aromatic heterocycles. The fourth-order valence-electron chi connectivity index (χ4n) is 6.17. The van der Waals surface area contributed by atoms with Gasteiger partial charge < -0.3 is 29.0 Å². The fourth-order valence-corrected chi connectivity index (χ4v) is 6.30. The Bertz CT molecular complexity index is 1620. The van der Waals surface area contributed by atoms with E-state index in [-0.39, 0.29) is 23.6 Å². The number of carbonyl (C=O) groups excluding carboxylic acids is 2. The minimum Gasteiger partial charge on any atom is -0.483 e. The van der Waals surface area contributed by atoms with Crippen LogP contribution in [-0.4, -0.2) is 77.0 Å². The highest BCUT2D eigenvalue weighted by Gasteiger charge is 2.42. The molecule has 2 amide bonds. The quantitative estimate of drug-likeness (QED) is 0.444. The van der Waals surface area contributed by atoms with Crippen molar-refractivity contribution in [2.45, 2.75) is 64.4 Å². The van der Waals surface area contributed by atoms with Crippen LogP contribution in [0.4, 0.5) is 4.79 Å². The number of hydrogen-bond acceptors (Lipinski definition) is 7. The zero-order valence-electron chi connectivity index (χ0n) is 25.5. The third-order valence-electron chi connectivity index (χ3n) is 8.43. The molecule has 3 aliphatic rings. The lowest BCUT2D eigenvalue weighted by Gasteiger charge is -2.45. The number of benzene rings is 2. The molecule has 1 spiro atoms. The summed E-state index contributed by atoms with van der Waals surface area (Å²) in [5.74, 6) is 0.198. The molecule has 1 N–H and O–H groups in total. The van der Waals surface area contributed by atoms with Gasteiger partial charge in [-0.3, -0.25) is 14.5 Å². The fraction of sp³-hybridized carbons (Fsp3) is 0.485. The van der Waals surface area contributed by atoms with E-state index < -0.39 is 17.1 Å². The van der Waals surface area contributed by atoms with Gasteiger partial charge >= 0.3 is 6.09 Å². The van der Waals surface area contributed by atoms with Crippen LogP contribution in [0.3, 0.4) is 0 Å². The minimum atomic E-state index is -0.595. The smallest absolute Gasteiger partial charge is 0.410 e. The van der Waals surface area contributed by atoms with Crippen molar-refractivity contribution in [1.29, 1.82) is 0 Å². The van der Waals surface area contributed by atoms with E-state index in [2.05, 4.69) is 10.2 Å². The standard InChI is InChI=1S/C33H39ClN4O6/c1-32(2,3)44-31(41)37-10-8-33(9-11-37)21-38-20-26(30(40)35-18-22-4-6-24(34)7-5-22)29(39)25-16-23(17-27(43-33)28(25)38)19-36-12-14-42-15-13-36/h4-7,16-17,20H,8-15,18-19,21H2,1-3H3,(H,35,40). The van der Waals surface area contributed by atoms with Crippen molar-refractivity contribution in [3.8, 4) is 5.75 Å². The number of ether oxygens (including phenoxy) is 3. The summed E-state index contributed by atoms with van der Waals surface area (Å²) in [5.41, 5.74) is 1.11. The summed E-state index contributed by atoms with van der Waals surface area (Å²) >= 11 is 6.01. The highest BCUT2D eigenvalue weighted by molar-refractivity contribution is 6.30. The lowest BCUT2D eigenvalue weighted by molar-refractivity contribution is -0.0292. The van der Waals surface area contributed by atoms with Crippen LogP contribution in [0.2, 0.25) is 5.02 Å². The summed E-state index contributed by atoms with van der Waals surface area (Å²) in [6, 6.07) is 11.1. The summed E-state index contributed by atoms with van der Waals surface area (Å²) in [7, 11) is 0. The van der Waals surface area contributed by atoms with Crippen molar-refractivity contribution in [3.63, 3.8) is 0 Å². The minimum absolute atomic E-state index is 0.0872. The van der Waals surface area contributed by atoms with Crippen molar-refractivity contribution in [2.75, 3.05) is 39.4 Å². The first-order valence-electron chi connectivity index (χ1n) is 15.2. The number of morpholine rings is 1. The molecule has 0 unspecified atom stereocenters. The van der Waals surface area contributed by atoms with E-state index in [1.54, 1.807) is 23.2 Å². The number of nitrogens with zero attached hydrogens (tertiary/aromatic N) is 3. The molecule has 0 bridgehead atoms. The van der Waals surface area contributed by atoms with Crippen LogP contribution in [0.5, 0.6) is 5.75 Å². The van der Waals surface area contributed by atoms with Crippen molar-refractivity contribution in [1.82, 2.24) is 19.7 Å². The summed E-state index contributed by atoms with van der Waals surface area (Å²) in [6.07, 6.45) is 2.51. The van der Waals surface area contributed by atoms with Crippen LogP contribution in [0.1, 0.15) is 55.1 Å². The first-order valence-corrected chi connectivity index (χ1v) is 15.6. The van der Waals surface area contributed by atoms with E-state index in [1.165, 1.54) is 0 Å². The highest BCUT2D eigenvalue weighted by atomic mass is 35.5. The van der Waals surface area contributed by atoms with Gasteiger partial charge in [-0.25, -0.2) is 4.79 Å². The highest BCUT2D eigenvalue weighted by Crippen LogP contribution is 2.40. The summed E-state index contributed by atoms with van der Waals surface area (Å²) in [4.78, 5) is 44.1. The number of nitrogens with one attached hydrogen (secondary N) is 1. The SMILES string of the molecule is CC(C)(C)OC(=O)N1CCC2(CC1)Cn1cc(C(=O)NCc3ccc(Cl)cc3)c(=O)c3cc(CN4CCOCC4)cc(c31)O2. The monoisotopic (exact) mass is 622 g/mol. The number of amides is 2. The topological polar surface area (TPSA) is 102 Å². The van der Waals surface area contributed by atoms with Gasteiger partial charge in [0.2, 0.25) is 5.43 Å². The molecule has 2 saturated heterocycles. The van der Waals surface area contributed by atoms with Gasteiger partial charge in [0.05, 0.1) is 30.7 Å². The second kappa shape index (κ2) is 12.1. The van der Waals surface area contributed by atoms with Gasteiger partial charge in [-0.05, 0) is 56.2 Å². The Kier molecular flexibility index (Phi) is 8.34. The number of halogens is 1. The third kappa shape index (κ3) is 6.57. The van der Waals surface area contributed by atoms with E-state index in [4.69, 9.17) is 25.8 Å². The van der Waals surface area contributed by atoms with Gasteiger partial charge in [0, 0.05) is 63.3 Å². The van der Waals surface area contributed by atoms with Gasteiger partial charge in [-0.1, -0.05) is 23.7 Å². The molecule has 3 aromatic rings. The first kappa shape index (κ1) is 30.4. The van der Waals surface area contributed by atoms with Gasteiger partial charge in [0.1, 0.15) is 22.5 Å². The van der Waals surface area contributed by atoms with Crippen molar-refractivity contribution >= 4 is 34.5 Å². The molecule has 234 valence electrons. The maximum absolute atomic E-state index is 13.9. The molecule has 44 heavy (non-hydrogen) atoms. The molecule has 4 heterocycles.